The van der Waals surface area contributed by atoms with Gasteiger partial charge in [0.2, 0.25) is 0 Å². The molecular formula is C36H38N2O4. The monoisotopic (exact) mass is 562 g/mol. The van der Waals surface area contributed by atoms with Gasteiger partial charge in [-0.15, -0.1) is 0 Å². The van der Waals surface area contributed by atoms with E-state index in [1.54, 1.807) is 7.11 Å². The number of aromatic nitrogens is 1. The highest BCUT2D eigenvalue weighted by Gasteiger charge is 2.35. The highest BCUT2D eigenvalue weighted by atomic mass is 16.5. The van der Waals surface area contributed by atoms with Crippen molar-refractivity contribution >= 4 is 40.1 Å². The van der Waals surface area contributed by atoms with E-state index in [9.17, 15) is 9.59 Å². The molecule has 4 aromatic rings. The van der Waals surface area contributed by atoms with Gasteiger partial charge in [0, 0.05) is 11.1 Å². The van der Waals surface area contributed by atoms with Crippen LogP contribution in [0.2, 0.25) is 0 Å². The average molecular weight is 563 g/mol. The maximum Gasteiger partial charge on any atom is 0.339 e. The van der Waals surface area contributed by atoms with E-state index in [0.717, 1.165) is 56.6 Å². The van der Waals surface area contributed by atoms with Crippen molar-refractivity contribution in [1.82, 2.24) is 4.98 Å². The summed E-state index contributed by atoms with van der Waals surface area (Å²) in [6, 6.07) is 21.4. The fourth-order valence-corrected chi connectivity index (χ4v) is 5.61. The number of esters is 1. The molecule has 0 saturated heterocycles. The molecule has 0 unspecified atom stereocenters. The fraction of sp³-hybridized carbons (Fsp3) is 0.306. The molecule has 6 heteroatoms. The van der Waals surface area contributed by atoms with E-state index in [0.29, 0.717) is 17.7 Å². The Morgan fingerprint density at radius 1 is 1.00 bits per heavy atom. The van der Waals surface area contributed by atoms with Crippen LogP contribution in [0.5, 0.6) is 5.75 Å². The zero-order valence-corrected chi connectivity index (χ0v) is 25.2. The molecule has 1 aliphatic rings. The molecular weight excluding hydrogens is 524 g/mol. The summed E-state index contributed by atoms with van der Waals surface area (Å²) in [7, 11) is 1.65. The Hall–Kier alpha value is -4.45. The van der Waals surface area contributed by atoms with Crippen LogP contribution < -0.4 is 10.1 Å². The van der Waals surface area contributed by atoms with Crippen LogP contribution in [0.1, 0.15) is 65.5 Å². The second kappa shape index (κ2) is 11.8. The van der Waals surface area contributed by atoms with Crippen LogP contribution in [0.4, 0.5) is 5.69 Å². The van der Waals surface area contributed by atoms with Crippen LogP contribution in [-0.2, 0) is 16.0 Å². The Kier molecular flexibility index (Phi) is 8.17. The van der Waals surface area contributed by atoms with Gasteiger partial charge >= 0.3 is 5.97 Å². The standard InChI is InChI=1S/C36H38N2O4/c1-22-11-16-30(23(2)17-22)37-32(39)21-42-35(40)33-28-9-7-8-10-31(28)38-34-25(18-24-12-14-27(41-6)15-13-24)19-26(20-29(33)34)36(3,4)5/h7-18,26H,19-21H2,1-6H3,(H,37,39)/b25-18-/t26-/m0/s1. The highest BCUT2D eigenvalue weighted by Crippen LogP contribution is 2.45. The summed E-state index contributed by atoms with van der Waals surface area (Å²) < 4.78 is 11.0. The Morgan fingerprint density at radius 3 is 2.43 bits per heavy atom. The SMILES string of the molecule is COc1ccc(/C=C2/C[C@H](C(C)(C)C)Cc3c2nc2ccccc2c3C(=O)OCC(=O)Nc2ccc(C)cc2C)cc1. The Morgan fingerprint density at radius 2 is 1.74 bits per heavy atom. The van der Waals surface area contributed by atoms with Crippen molar-refractivity contribution in [2.75, 3.05) is 19.0 Å². The van der Waals surface area contributed by atoms with Crippen molar-refractivity contribution in [2.24, 2.45) is 11.3 Å². The molecule has 1 N–H and O–H groups in total. The smallest absolute Gasteiger partial charge is 0.339 e. The first kappa shape index (κ1) is 29.1. The van der Waals surface area contributed by atoms with E-state index >= 15 is 0 Å². The van der Waals surface area contributed by atoms with E-state index in [1.165, 1.54) is 0 Å². The number of aryl methyl sites for hydroxylation is 2. The molecule has 0 aliphatic heterocycles. The molecule has 1 aliphatic carbocycles. The van der Waals surface area contributed by atoms with Gasteiger partial charge in [-0.05, 0) is 90.6 Å². The predicted octanol–water partition coefficient (Wildman–Crippen LogP) is 7.80. The quantitative estimate of drug-likeness (QED) is 0.243. The van der Waals surface area contributed by atoms with E-state index in [-0.39, 0.29) is 23.8 Å². The number of ether oxygens (including phenoxy) is 2. The fourth-order valence-electron chi connectivity index (χ4n) is 5.61. The highest BCUT2D eigenvalue weighted by molar-refractivity contribution is 6.07. The molecule has 6 nitrogen and oxygen atoms in total. The number of hydrogen-bond acceptors (Lipinski definition) is 5. The van der Waals surface area contributed by atoms with Crippen molar-refractivity contribution in [3.63, 3.8) is 0 Å². The summed E-state index contributed by atoms with van der Waals surface area (Å²) >= 11 is 0. The van der Waals surface area contributed by atoms with Gasteiger partial charge in [-0.1, -0.05) is 68.8 Å². The second-order valence-electron chi connectivity index (χ2n) is 12.2. The molecule has 1 amide bonds. The topological polar surface area (TPSA) is 77.5 Å². The van der Waals surface area contributed by atoms with E-state index in [4.69, 9.17) is 14.5 Å². The third kappa shape index (κ3) is 6.23. The van der Waals surface area contributed by atoms with Crippen LogP contribution >= 0.6 is 0 Å². The number of benzene rings is 3. The van der Waals surface area contributed by atoms with Gasteiger partial charge < -0.3 is 14.8 Å². The number of allylic oxidation sites excluding steroid dienone is 1. The summed E-state index contributed by atoms with van der Waals surface area (Å²) in [4.78, 5) is 31.7. The number of carbonyl (C=O) groups excluding carboxylic acids is 2. The predicted molar refractivity (Wildman–Crippen MR) is 169 cm³/mol. The van der Waals surface area contributed by atoms with Crippen LogP contribution in [0.25, 0.3) is 22.6 Å². The molecule has 42 heavy (non-hydrogen) atoms. The maximum absolute atomic E-state index is 13.8. The number of hydrogen-bond donors (Lipinski definition) is 1. The summed E-state index contributed by atoms with van der Waals surface area (Å²) in [5.41, 5.74) is 7.78. The Balaban J connectivity index is 1.53. The van der Waals surface area contributed by atoms with Crippen molar-refractivity contribution < 1.29 is 19.1 Å². The largest absolute Gasteiger partial charge is 0.497 e. The number of anilines is 1. The third-order valence-corrected chi connectivity index (χ3v) is 8.09. The summed E-state index contributed by atoms with van der Waals surface area (Å²) in [6.07, 6.45) is 3.68. The molecule has 0 radical (unpaired) electrons. The van der Waals surface area contributed by atoms with E-state index in [1.807, 2.05) is 80.6 Å². The van der Waals surface area contributed by atoms with Crippen molar-refractivity contribution in [3.05, 3.63) is 100 Å². The molecule has 0 spiro atoms. The Labute approximate surface area is 247 Å². The number of fused-ring (bicyclic) bond motifs is 2. The molecule has 216 valence electrons. The lowest BCUT2D eigenvalue weighted by molar-refractivity contribution is -0.119. The van der Waals surface area contributed by atoms with Gasteiger partial charge in [0.05, 0.1) is 23.9 Å². The van der Waals surface area contributed by atoms with Gasteiger partial charge in [-0.2, -0.15) is 0 Å². The van der Waals surface area contributed by atoms with Gasteiger partial charge in [0.15, 0.2) is 6.61 Å². The normalized spacial score (nSPS) is 15.8. The first-order chi connectivity index (χ1) is 20.0. The first-order valence-corrected chi connectivity index (χ1v) is 14.3. The number of nitrogens with zero attached hydrogens (tertiary/aromatic N) is 1. The van der Waals surface area contributed by atoms with Crippen LogP contribution in [0.15, 0.2) is 66.7 Å². The first-order valence-electron chi connectivity index (χ1n) is 14.3. The molecule has 0 fully saturated rings. The van der Waals surface area contributed by atoms with E-state index in [2.05, 4.69) is 32.2 Å². The number of rotatable bonds is 6. The number of amides is 1. The van der Waals surface area contributed by atoms with Gasteiger partial charge in [0.25, 0.3) is 5.91 Å². The molecule has 0 saturated carbocycles. The number of carbonyl (C=O) groups is 2. The molecule has 3 aromatic carbocycles. The summed E-state index contributed by atoms with van der Waals surface area (Å²) in [5.74, 6) is 0.176. The lowest BCUT2D eigenvalue weighted by Crippen LogP contribution is -2.29. The minimum Gasteiger partial charge on any atom is -0.497 e. The maximum atomic E-state index is 13.8. The van der Waals surface area contributed by atoms with Crippen molar-refractivity contribution in [3.8, 4) is 5.75 Å². The number of para-hydroxylation sites is 1. The minimum atomic E-state index is -0.515. The second-order valence-corrected chi connectivity index (χ2v) is 12.2. The zero-order chi connectivity index (χ0) is 30.0. The summed E-state index contributed by atoms with van der Waals surface area (Å²) in [5, 5.41) is 3.60. The average Bonchev–Trinajstić information content (AvgIpc) is 2.96. The number of methoxy groups -OCH3 is 1. The van der Waals surface area contributed by atoms with Crippen LogP contribution in [0, 0.1) is 25.2 Å². The van der Waals surface area contributed by atoms with Gasteiger partial charge in [-0.25, -0.2) is 9.78 Å². The summed E-state index contributed by atoms with van der Waals surface area (Å²) in [6.45, 7) is 10.3. The van der Waals surface area contributed by atoms with Gasteiger partial charge in [-0.3, -0.25) is 4.79 Å². The van der Waals surface area contributed by atoms with Crippen LogP contribution in [-0.4, -0.2) is 30.6 Å². The molecule has 1 heterocycles. The van der Waals surface area contributed by atoms with Crippen molar-refractivity contribution in [2.45, 2.75) is 47.5 Å². The van der Waals surface area contributed by atoms with Crippen molar-refractivity contribution in [1.29, 1.82) is 0 Å². The number of pyridine rings is 1. The zero-order valence-electron chi connectivity index (χ0n) is 25.2. The Bertz CT molecular complexity index is 1680. The molecule has 5 rings (SSSR count). The molecule has 1 atom stereocenters. The van der Waals surface area contributed by atoms with E-state index < -0.39 is 5.97 Å². The molecule has 0 bridgehead atoms. The lowest BCUT2D eigenvalue weighted by atomic mass is 9.69. The lowest BCUT2D eigenvalue weighted by Gasteiger charge is -2.36. The van der Waals surface area contributed by atoms with Gasteiger partial charge in [0.1, 0.15) is 5.75 Å². The minimum absolute atomic E-state index is 0.00467. The molecule has 1 aromatic heterocycles. The third-order valence-electron chi connectivity index (χ3n) is 8.09. The number of nitrogens with one attached hydrogen (secondary N) is 1. The van der Waals surface area contributed by atoms with Crippen LogP contribution in [0.3, 0.4) is 0 Å².